The summed E-state index contributed by atoms with van der Waals surface area (Å²) < 4.78 is 0. The number of phenols is 1. The van der Waals surface area contributed by atoms with E-state index in [1.807, 2.05) is 54.3 Å². The number of nitrogens with zero attached hydrogens (tertiary/aromatic N) is 2. The van der Waals surface area contributed by atoms with Crippen molar-refractivity contribution in [2.75, 3.05) is 26.2 Å². The van der Waals surface area contributed by atoms with Crippen molar-refractivity contribution in [1.82, 2.24) is 9.80 Å². The maximum Gasteiger partial charge on any atom is 0.253 e. The number of thiophene rings is 1. The van der Waals surface area contributed by atoms with Crippen molar-refractivity contribution in [3.8, 4) is 5.75 Å². The number of carbonyl (C=O) groups excluding carboxylic acids is 1. The first-order valence-electron chi connectivity index (χ1n) is 11.5. The Hall–Kier alpha value is -2.63. The van der Waals surface area contributed by atoms with E-state index < -0.39 is 0 Å². The molecule has 2 heterocycles. The quantitative estimate of drug-likeness (QED) is 0.518. The first-order valence-corrected chi connectivity index (χ1v) is 12.4. The lowest BCUT2D eigenvalue weighted by molar-refractivity contribution is 0.0773. The summed E-state index contributed by atoms with van der Waals surface area (Å²) in [6.07, 6.45) is 1.95. The Morgan fingerprint density at radius 2 is 1.72 bits per heavy atom. The number of aromatic hydroxyl groups is 1. The van der Waals surface area contributed by atoms with Gasteiger partial charge in [-0.15, -0.1) is 11.3 Å². The Morgan fingerprint density at radius 3 is 2.31 bits per heavy atom. The fraction of sp³-hybridized carbons (Fsp3) is 0.370. The fourth-order valence-corrected chi connectivity index (χ4v) is 5.63. The van der Waals surface area contributed by atoms with Crippen LogP contribution in [0.4, 0.5) is 0 Å². The van der Waals surface area contributed by atoms with Gasteiger partial charge in [0.1, 0.15) is 5.75 Å². The maximum atomic E-state index is 12.8. The van der Waals surface area contributed by atoms with Crippen LogP contribution in [0.25, 0.3) is 0 Å². The van der Waals surface area contributed by atoms with Gasteiger partial charge in [0, 0.05) is 35.5 Å². The average Bonchev–Trinajstić information content (AvgIpc) is 3.34. The summed E-state index contributed by atoms with van der Waals surface area (Å²) in [6.45, 7) is 8.43. The predicted octanol–water partition coefficient (Wildman–Crippen LogP) is 5.52. The van der Waals surface area contributed by atoms with E-state index in [1.165, 1.54) is 10.4 Å². The number of likely N-dealkylation sites (tertiary alicyclic amines) is 1. The zero-order chi connectivity index (χ0) is 22.6. The summed E-state index contributed by atoms with van der Waals surface area (Å²) in [5.41, 5.74) is 2.94. The summed E-state index contributed by atoms with van der Waals surface area (Å²) in [4.78, 5) is 18.5. The van der Waals surface area contributed by atoms with E-state index in [4.69, 9.17) is 0 Å². The molecule has 1 aromatic heterocycles. The van der Waals surface area contributed by atoms with Gasteiger partial charge in [-0.25, -0.2) is 0 Å². The fourth-order valence-electron chi connectivity index (χ4n) is 4.89. The van der Waals surface area contributed by atoms with Crippen LogP contribution >= 0.6 is 11.3 Å². The molecule has 1 fully saturated rings. The monoisotopic (exact) mass is 448 g/mol. The van der Waals surface area contributed by atoms with Gasteiger partial charge in [0.15, 0.2) is 0 Å². The number of amides is 1. The van der Waals surface area contributed by atoms with Gasteiger partial charge < -0.3 is 10.0 Å². The highest BCUT2D eigenvalue weighted by atomic mass is 32.1. The lowest BCUT2D eigenvalue weighted by Crippen LogP contribution is -2.43. The number of hydrogen-bond acceptors (Lipinski definition) is 4. The van der Waals surface area contributed by atoms with Gasteiger partial charge in [-0.3, -0.25) is 9.69 Å². The van der Waals surface area contributed by atoms with Gasteiger partial charge in [0.25, 0.3) is 5.91 Å². The lowest BCUT2D eigenvalue weighted by Gasteiger charge is -2.43. The van der Waals surface area contributed by atoms with Crippen molar-refractivity contribution in [3.63, 3.8) is 0 Å². The highest BCUT2D eigenvalue weighted by molar-refractivity contribution is 7.09. The molecule has 168 valence electrons. The van der Waals surface area contributed by atoms with E-state index in [9.17, 15) is 9.90 Å². The van der Waals surface area contributed by atoms with Gasteiger partial charge in [-0.2, -0.15) is 0 Å². The van der Waals surface area contributed by atoms with E-state index in [0.29, 0.717) is 18.8 Å². The van der Waals surface area contributed by atoms with Crippen LogP contribution in [0.3, 0.4) is 0 Å². The number of carbonyl (C=O) groups is 1. The topological polar surface area (TPSA) is 43.8 Å². The van der Waals surface area contributed by atoms with Gasteiger partial charge in [0.2, 0.25) is 0 Å². The zero-order valence-electron chi connectivity index (χ0n) is 19.0. The molecule has 0 aliphatic carbocycles. The van der Waals surface area contributed by atoms with Gasteiger partial charge >= 0.3 is 0 Å². The SMILES string of the molecule is CCN(CC)C(=O)c1ccc(C2(c3cccc(O)c3)CCN(Cc3cccs3)CC2)cc1. The Balaban J connectivity index is 1.62. The summed E-state index contributed by atoms with van der Waals surface area (Å²) >= 11 is 1.81. The Kier molecular flexibility index (Phi) is 6.97. The number of rotatable bonds is 7. The highest BCUT2D eigenvalue weighted by Gasteiger charge is 2.38. The van der Waals surface area contributed by atoms with Crippen molar-refractivity contribution in [3.05, 3.63) is 87.6 Å². The largest absolute Gasteiger partial charge is 0.508 e. The molecule has 1 saturated heterocycles. The minimum atomic E-state index is -0.165. The third-order valence-electron chi connectivity index (χ3n) is 6.80. The Bertz CT molecular complexity index is 1020. The van der Waals surface area contributed by atoms with E-state index in [-0.39, 0.29) is 11.3 Å². The number of hydrogen-bond donors (Lipinski definition) is 1. The molecular formula is C27H32N2O2S. The number of piperidine rings is 1. The molecule has 0 bridgehead atoms. The maximum absolute atomic E-state index is 12.8. The van der Waals surface area contributed by atoms with Crippen LogP contribution in [0, 0.1) is 0 Å². The molecule has 4 rings (SSSR count). The summed E-state index contributed by atoms with van der Waals surface area (Å²) in [6, 6.07) is 20.2. The molecular weight excluding hydrogens is 416 g/mol. The standard InChI is InChI=1S/C27H32N2O2S/c1-3-29(4-2)26(31)21-10-12-22(13-11-21)27(23-7-5-8-24(30)19-23)14-16-28(17-15-27)20-25-9-6-18-32-25/h5-13,18-19,30H,3-4,14-17,20H2,1-2H3. The molecule has 32 heavy (non-hydrogen) atoms. The molecule has 5 heteroatoms. The lowest BCUT2D eigenvalue weighted by atomic mass is 9.68. The van der Waals surface area contributed by atoms with Gasteiger partial charge in [-0.05, 0) is 86.6 Å². The average molecular weight is 449 g/mol. The smallest absolute Gasteiger partial charge is 0.253 e. The van der Waals surface area contributed by atoms with E-state index in [2.05, 4.69) is 40.6 Å². The minimum absolute atomic E-state index is 0.0822. The molecule has 4 nitrogen and oxygen atoms in total. The molecule has 0 radical (unpaired) electrons. The van der Waals surface area contributed by atoms with Crippen molar-refractivity contribution >= 4 is 17.2 Å². The van der Waals surface area contributed by atoms with Gasteiger partial charge in [-0.1, -0.05) is 30.3 Å². The predicted molar refractivity (Wildman–Crippen MR) is 131 cm³/mol. The second-order valence-corrected chi connectivity index (χ2v) is 9.57. The summed E-state index contributed by atoms with van der Waals surface area (Å²) in [5.74, 6) is 0.384. The van der Waals surface area contributed by atoms with Crippen molar-refractivity contribution < 1.29 is 9.90 Å². The van der Waals surface area contributed by atoms with Crippen LogP contribution < -0.4 is 0 Å². The molecule has 0 saturated carbocycles. The molecule has 0 unspecified atom stereocenters. The summed E-state index contributed by atoms with van der Waals surface area (Å²) in [7, 11) is 0. The molecule has 2 aromatic carbocycles. The van der Waals surface area contributed by atoms with Crippen molar-refractivity contribution in [1.29, 1.82) is 0 Å². The van der Waals surface area contributed by atoms with E-state index >= 15 is 0 Å². The number of benzene rings is 2. The molecule has 0 atom stereocenters. The van der Waals surface area contributed by atoms with Crippen LogP contribution in [0.5, 0.6) is 5.75 Å². The molecule has 1 amide bonds. The highest BCUT2D eigenvalue weighted by Crippen LogP contribution is 2.43. The van der Waals surface area contributed by atoms with Crippen LogP contribution in [0.2, 0.25) is 0 Å². The minimum Gasteiger partial charge on any atom is -0.508 e. The molecule has 1 aliphatic heterocycles. The second-order valence-electron chi connectivity index (χ2n) is 8.54. The van der Waals surface area contributed by atoms with Crippen LogP contribution in [-0.4, -0.2) is 47.0 Å². The van der Waals surface area contributed by atoms with Crippen LogP contribution in [0.15, 0.2) is 66.0 Å². The van der Waals surface area contributed by atoms with E-state index in [1.54, 1.807) is 6.07 Å². The third-order valence-corrected chi connectivity index (χ3v) is 7.66. The molecule has 1 aliphatic rings. The number of phenolic OH excluding ortho intramolecular Hbond substituents is 1. The third kappa shape index (κ3) is 4.59. The molecule has 3 aromatic rings. The van der Waals surface area contributed by atoms with Crippen molar-refractivity contribution in [2.45, 2.75) is 38.6 Å². The second kappa shape index (κ2) is 9.88. The van der Waals surface area contributed by atoms with E-state index in [0.717, 1.165) is 43.6 Å². The molecule has 1 N–H and O–H groups in total. The first-order chi connectivity index (χ1) is 15.6. The Morgan fingerprint density at radius 1 is 1.00 bits per heavy atom. The molecule has 0 spiro atoms. The van der Waals surface area contributed by atoms with Crippen LogP contribution in [0.1, 0.15) is 53.1 Å². The van der Waals surface area contributed by atoms with Gasteiger partial charge in [0.05, 0.1) is 0 Å². The van der Waals surface area contributed by atoms with Crippen LogP contribution in [-0.2, 0) is 12.0 Å². The summed E-state index contributed by atoms with van der Waals surface area (Å²) in [5, 5.41) is 12.3. The normalized spacial score (nSPS) is 16.1. The van der Waals surface area contributed by atoms with Crippen molar-refractivity contribution in [2.24, 2.45) is 0 Å². The Labute approximate surface area is 195 Å². The first kappa shape index (κ1) is 22.6. The zero-order valence-corrected chi connectivity index (χ0v) is 19.8.